The van der Waals surface area contributed by atoms with Crippen molar-refractivity contribution in [3.8, 4) is 0 Å². The van der Waals surface area contributed by atoms with Crippen molar-refractivity contribution in [2.24, 2.45) is 0 Å². The van der Waals surface area contributed by atoms with Crippen LogP contribution in [0.2, 0.25) is 0 Å². The highest BCUT2D eigenvalue weighted by molar-refractivity contribution is 7.47. The van der Waals surface area contributed by atoms with Gasteiger partial charge in [-0.2, -0.15) is 0 Å². The second kappa shape index (κ2) is 40.1. The first-order chi connectivity index (χ1) is 28.0. The van der Waals surface area contributed by atoms with Gasteiger partial charge in [0.15, 0.2) is 6.10 Å². The van der Waals surface area contributed by atoms with Crippen LogP contribution in [-0.4, -0.2) is 74.9 Å². The lowest BCUT2D eigenvalue weighted by atomic mass is 10.0. The fourth-order valence-corrected chi connectivity index (χ4v) is 6.78. The molecule has 0 bridgehead atoms. The average molecular weight is 837 g/mol. The maximum Gasteiger partial charge on any atom is 0.472 e. The number of phosphoric ester groups is 1. The summed E-state index contributed by atoms with van der Waals surface area (Å²) < 4.78 is 34.3. The van der Waals surface area contributed by atoms with Crippen molar-refractivity contribution in [2.75, 3.05) is 47.5 Å². The minimum absolute atomic E-state index is 0.0236. The molecule has 0 saturated heterocycles. The number of esters is 2. The average Bonchev–Trinajstić information content (AvgIpc) is 3.17. The molecule has 0 radical (unpaired) electrons. The van der Waals surface area contributed by atoms with E-state index in [1.165, 1.54) is 83.5 Å². The van der Waals surface area contributed by atoms with E-state index in [0.29, 0.717) is 23.9 Å². The Kier molecular flexibility index (Phi) is 38.5. The van der Waals surface area contributed by atoms with Gasteiger partial charge in [-0.25, -0.2) is 4.57 Å². The summed E-state index contributed by atoms with van der Waals surface area (Å²) >= 11 is 0. The highest BCUT2D eigenvalue weighted by Crippen LogP contribution is 2.43. The number of ether oxygens (including phenoxy) is 2. The van der Waals surface area contributed by atoms with E-state index in [9.17, 15) is 19.0 Å². The lowest BCUT2D eigenvalue weighted by Gasteiger charge is -2.24. The third-order valence-corrected chi connectivity index (χ3v) is 10.7. The number of unbranched alkanes of at least 4 members (excludes halogenated alkanes) is 19. The number of likely N-dealkylation sites (N-methyl/N-ethyl adjacent to an activating group) is 1. The molecule has 9 nitrogen and oxygen atoms in total. The minimum Gasteiger partial charge on any atom is -0.462 e. The van der Waals surface area contributed by atoms with Gasteiger partial charge in [0.25, 0.3) is 0 Å². The summed E-state index contributed by atoms with van der Waals surface area (Å²) in [6.45, 7) is 5.88. The van der Waals surface area contributed by atoms with Crippen LogP contribution >= 0.6 is 7.82 Å². The molecule has 1 N–H and O–H groups in total. The topological polar surface area (TPSA) is 108 Å². The summed E-state index contributed by atoms with van der Waals surface area (Å²) in [4.78, 5) is 35.4. The van der Waals surface area contributed by atoms with E-state index in [1.807, 2.05) is 27.2 Å². The number of allylic oxidation sites excluding steroid dienone is 9. The predicted octanol–water partition coefficient (Wildman–Crippen LogP) is 13.2. The zero-order valence-corrected chi connectivity index (χ0v) is 38.5. The predicted molar refractivity (Wildman–Crippen MR) is 243 cm³/mol. The molecule has 1 unspecified atom stereocenters. The van der Waals surface area contributed by atoms with Gasteiger partial charge in [0.05, 0.1) is 27.7 Å². The van der Waals surface area contributed by atoms with Crippen LogP contribution in [0.4, 0.5) is 0 Å². The van der Waals surface area contributed by atoms with Gasteiger partial charge < -0.3 is 18.9 Å². The molecule has 0 heterocycles. The summed E-state index contributed by atoms with van der Waals surface area (Å²) in [5.41, 5.74) is 0. The van der Waals surface area contributed by atoms with Crippen molar-refractivity contribution in [2.45, 2.75) is 186 Å². The van der Waals surface area contributed by atoms with Crippen LogP contribution < -0.4 is 0 Å². The maximum atomic E-state index is 12.7. The third-order valence-electron chi connectivity index (χ3n) is 9.67. The standard InChI is InChI=1S/C48H86NO8P/c1-6-8-10-12-14-16-18-20-22-23-24-25-27-28-30-32-34-36-38-40-47(50)54-44-46(45-56-58(52,53)55-43-42-49(3,4)5)57-48(51)41-39-37-35-33-31-29-26-21-19-17-15-13-11-9-7-2/h7,14,16,20,22,24-25,28,30,46H,2,6,8-13,15,17-19,21,23,26-27,29,31-45H2,1,3-5H3/p+1/b16-14+,22-20+,25-24+,30-28+/t46-/m1/s1. The Morgan fingerprint density at radius 1 is 0.586 bits per heavy atom. The second-order valence-electron chi connectivity index (χ2n) is 16.5. The maximum absolute atomic E-state index is 12.7. The molecular formula is C48H87NO8P+. The number of phosphoric acid groups is 1. The number of rotatable bonds is 42. The van der Waals surface area contributed by atoms with E-state index in [2.05, 4.69) is 62.1 Å². The van der Waals surface area contributed by atoms with Crippen molar-refractivity contribution in [3.63, 3.8) is 0 Å². The van der Waals surface area contributed by atoms with Gasteiger partial charge in [-0.3, -0.25) is 18.6 Å². The minimum atomic E-state index is -4.39. The van der Waals surface area contributed by atoms with Gasteiger partial charge in [0.1, 0.15) is 19.8 Å². The number of carbonyl (C=O) groups is 2. The van der Waals surface area contributed by atoms with Crippen molar-refractivity contribution in [3.05, 3.63) is 61.3 Å². The molecule has 58 heavy (non-hydrogen) atoms. The molecule has 0 aromatic rings. The fourth-order valence-electron chi connectivity index (χ4n) is 6.04. The molecule has 0 spiro atoms. The molecule has 0 amide bonds. The van der Waals surface area contributed by atoms with Gasteiger partial charge in [0, 0.05) is 12.8 Å². The SMILES string of the molecule is C=CCCCCCCCCCCCCCCCC(=O)O[C@H](COC(=O)CCCCC/C=C/C/C=C/C/C=C/C/C=C/CCCCC)COP(=O)(O)OCC[N+](C)(C)C. The van der Waals surface area contributed by atoms with Gasteiger partial charge in [0.2, 0.25) is 0 Å². The first kappa shape index (κ1) is 55.7. The molecule has 0 fully saturated rings. The molecule has 2 atom stereocenters. The van der Waals surface area contributed by atoms with E-state index in [0.717, 1.165) is 64.2 Å². The summed E-state index contributed by atoms with van der Waals surface area (Å²) in [7, 11) is 1.45. The van der Waals surface area contributed by atoms with Crippen molar-refractivity contribution < 1.29 is 42.1 Å². The summed E-state index contributed by atoms with van der Waals surface area (Å²) in [6.07, 6.45) is 47.3. The van der Waals surface area contributed by atoms with Gasteiger partial charge in [-0.05, 0) is 70.6 Å². The highest BCUT2D eigenvalue weighted by Gasteiger charge is 2.27. The number of hydrogen-bond acceptors (Lipinski definition) is 7. The lowest BCUT2D eigenvalue weighted by Crippen LogP contribution is -2.37. The molecular weight excluding hydrogens is 750 g/mol. The van der Waals surface area contributed by atoms with Crippen LogP contribution in [0.25, 0.3) is 0 Å². The highest BCUT2D eigenvalue weighted by atomic mass is 31.2. The van der Waals surface area contributed by atoms with E-state index >= 15 is 0 Å². The Hall–Kier alpha value is -2.29. The van der Waals surface area contributed by atoms with Gasteiger partial charge >= 0.3 is 19.8 Å². The number of quaternary nitrogens is 1. The van der Waals surface area contributed by atoms with Crippen LogP contribution in [0.3, 0.4) is 0 Å². The van der Waals surface area contributed by atoms with Gasteiger partial charge in [-0.15, -0.1) is 6.58 Å². The van der Waals surface area contributed by atoms with Crippen LogP contribution in [0, 0.1) is 0 Å². The molecule has 10 heteroatoms. The molecule has 0 saturated carbocycles. The first-order valence-corrected chi connectivity index (χ1v) is 24.5. The van der Waals surface area contributed by atoms with Crippen LogP contribution in [0.1, 0.15) is 180 Å². The van der Waals surface area contributed by atoms with E-state index in [4.69, 9.17) is 18.5 Å². The molecule has 0 aliphatic carbocycles. The molecule has 0 aliphatic heterocycles. The first-order valence-electron chi connectivity index (χ1n) is 23.0. The Labute approximate surface area is 356 Å². The Bertz CT molecular complexity index is 1160. The monoisotopic (exact) mass is 837 g/mol. The summed E-state index contributed by atoms with van der Waals surface area (Å²) in [6, 6.07) is 0. The normalized spacial score (nSPS) is 13.9. The van der Waals surface area contributed by atoms with Crippen molar-refractivity contribution >= 4 is 19.8 Å². The lowest BCUT2D eigenvalue weighted by molar-refractivity contribution is -0.870. The van der Waals surface area contributed by atoms with E-state index < -0.39 is 32.5 Å². The zero-order valence-electron chi connectivity index (χ0n) is 37.6. The molecule has 0 rings (SSSR count). The van der Waals surface area contributed by atoms with Crippen molar-refractivity contribution in [1.29, 1.82) is 0 Å². The molecule has 0 aromatic heterocycles. The van der Waals surface area contributed by atoms with Gasteiger partial charge in [-0.1, -0.05) is 151 Å². The number of hydrogen-bond donors (Lipinski definition) is 1. The van der Waals surface area contributed by atoms with Crippen LogP contribution in [0.5, 0.6) is 0 Å². The molecule has 0 aliphatic rings. The largest absolute Gasteiger partial charge is 0.472 e. The Morgan fingerprint density at radius 2 is 1.02 bits per heavy atom. The van der Waals surface area contributed by atoms with Crippen molar-refractivity contribution in [1.82, 2.24) is 0 Å². The van der Waals surface area contributed by atoms with Crippen LogP contribution in [0.15, 0.2) is 61.3 Å². The number of carbonyl (C=O) groups excluding carboxylic acids is 2. The second-order valence-corrected chi connectivity index (χ2v) is 18.0. The Balaban J connectivity index is 4.38. The van der Waals surface area contributed by atoms with Crippen LogP contribution in [-0.2, 0) is 32.7 Å². The molecule has 0 aromatic carbocycles. The quantitative estimate of drug-likeness (QED) is 0.0213. The fraction of sp³-hybridized carbons (Fsp3) is 0.750. The summed E-state index contributed by atoms with van der Waals surface area (Å²) in [5.74, 6) is -0.839. The van der Waals surface area contributed by atoms with E-state index in [-0.39, 0.29) is 26.1 Å². The molecule has 336 valence electrons. The summed E-state index contributed by atoms with van der Waals surface area (Å²) in [5, 5.41) is 0. The number of nitrogens with zero attached hydrogens (tertiary/aromatic N) is 1. The zero-order chi connectivity index (χ0) is 42.8. The van der Waals surface area contributed by atoms with E-state index in [1.54, 1.807) is 0 Å². The Morgan fingerprint density at radius 3 is 1.52 bits per heavy atom. The smallest absolute Gasteiger partial charge is 0.462 e. The third kappa shape index (κ3) is 43.3.